The first-order valence-electron chi connectivity index (χ1n) is 7.49. The zero-order valence-electron chi connectivity index (χ0n) is 14.0. The van der Waals surface area contributed by atoms with Crippen molar-refractivity contribution < 1.29 is 27.5 Å². The van der Waals surface area contributed by atoms with Crippen molar-refractivity contribution in [3.8, 4) is 5.75 Å². The molecule has 8 nitrogen and oxygen atoms in total. The highest BCUT2D eigenvalue weighted by atomic mass is 32.2. The Balaban J connectivity index is 1.81. The van der Waals surface area contributed by atoms with E-state index in [0.717, 1.165) is 0 Å². The molecule has 0 aliphatic rings. The standard InChI is InChI=1S/C17H18N2O6S/c1-24-17(21)13-4-6-14(7-5-13)25-11-16(20)19-10-12-2-8-15(9-3-12)26(18,22)23/h2-9H,10-11H2,1H3,(H,19,20)(H2,18,22,23). The Morgan fingerprint density at radius 1 is 1.04 bits per heavy atom. The predicted octanol–water partition coefficient (Wildman–Crippen LogP) is 0.816. The first kappa shape index (κ1) is 19.4. The van der Waals surface area contributed by atoms with Crippen molar-refractivity contribution in [3.63, 3.8) is 0 Å². The van der Waals surface area contributed by atoms with Gasteiger partial charge in [-0.15, -0.1) is 0 Å². The number of benzene rings is 2. The van der Waals surface area contributed by atoms with Gasteiger partial charge in [0.1, 0.15) is 5.75 Å². The first-order valence-corrected chi connectivity index (χ1v) is 9.04. The van der Waals surface area contributed by atoms with Gasteiger partial charge in [0.2, 0.25) is 10.0 Å². The average molecular weight is 378 g/mol. The van der Waals surface area contributed by atoms with E-state index in [1.54, 1.807) is 24.3 Å². The smallest absolute Gasteiger partial charge is 0.337 e. The lowest BCUT2D eigenvalue weighted by molar-refractivity contribution is -0.123. The molecular weight excluding hydrogens is 360 g/mol. The molecule has 138 valence electrons. The molecule has 0 radical (unpaired) electrons. The first-order chi connectivity index (χ1) is 12.3. The largest absolute Gasteiger partial charge is 0.484 e. The number of carbonyl (C=O) groups is 2. The Labute approximate surface area is 151 Å². The fourth-order valence-corrected chi connectivity index (χ4v) is 2.52. The fourth-order valence-electron chi connectivity index (χ4n) is 2.00. The topological polar surface area (TPSA) is 125 Å². The molecule has 0 spiro atoms. The molecule has 0 unspecified atom stereocenters. The van der Waals surface area contributed by atoms with Crippen LogP contribution in [-0.2, 0) is 26.1 Å². The number of nitrogens with two attached hydrogens (primary N) is 1. The maximum Gasteiger partial charge on any atom is 0.337 e. The molecule has 26 heavy (non-hydrogen) atoms. The number of nitrogens with one attached hydrogen (secondary N) is 1. The molecular formula is C17H18N2O6S. The van der Waals surface area contributed by atoms with E-state index in [1.807, 2.05) is 0 Å². The number of methoxy groups -OCH3 is 1. The maximum absolute atomic E-state index is 11.8. The Morgan fingerprint density at radius 3 is 2.19 bits per heavy atom. The van der Waals surface area contributed by atoms with Crippen LogP contribution >= 0.6 is 0 Å². The van der Waals surface area contributed by atoms with Gasteiger partial charge in [-0.3, -0.25) is 4.79 Å². The summed E-state index contributed by atoms with van der Waals surface area (Å²) in [5, 5.41) is 7.67. The van der Waals surface area contributed by atoms with Gasteiger partial charge in [0.15, 0.2) is 6.61 Å². The van der Waals surface area contributed by atoms with Gasteiger partial charge in [-0.05, 0) is 42.0 Å². The second kappa shape index (κ2) is 8.45. The Hall–Kier alpha value is -2.91. The Morgan fingerprint density at radius 2 is 1.65 bits per heavy atom. The molecule has 3 N–H and O–H groups in total. The van der Waals surface area contributed by atoms with E-state index in [0.29, 0.717) is 16.9 Å². The van der Waals surface area contributed by atoms with Crippen LogP contribution in [0.15, 0.2) is 53.4 Å². The van der Waals surface area contributed by atoms with Gasteiger partial charge in [0, 0.05) is 6.54 Å². The van der Waals surface area contributed by atoms with Crippen molar-refractivity contribution in [1.29, 1.82) is 0 Å². The molecule has 0 fully saturated rings. The zero-order chi connectivity index (χ0) is 19.2. The van der Waals surface area contributed by atoms with Crippen molar-refractivity contribution in [3.05, 3.63) is 59.7 Å². The van der Waals surface area contributed by atoms with E-state index in [4.69, 9.17) is 9.88 Å². The van der Waals surface area contributed by atoms with Crippen LogP contribution in [0, 0.1) is 0 Å². The summed E-state index contributed by atoms with van der Waals surface area (Å²) in [5.74, 6) is -0.370. The quantitative estimate of drug-likeness (QED) is 0.687. The second-order valence-corrected chi connectivity index (χ2v) is 6.83. The van der Waals surface area contributed by atoms with E-state index in [1.165, 1.54) is 31.4 Å². The number of esters is 1. The van der Waals surface area contributed by atoms with Gasteiger partial charge in [-0.25, -0.2) is 18.4 Å². The molecule has 1 amide bonds. The number of hydrogen-bond acceptors (Lipinski definition) is 6. The van der Waals surface area contributed by atoms with Crippen LogP contribution in [0.4, 0.5) is 0 Å². The van der Waals surface area contributed by atoms with Crippen molar-refractivity contribution in [1.82, 2.24) is 5.32 Å². The Kier molecular flexibility index (Phi) is 6.31. The SMILES string of the molecule is COC(=O)c1ccc(OCC(=O)NCc2ccc(S(N)(=O)=O)cc2)cc1. The minimum atomic E-state index is -3.74. The number of hydrogen-bond donors (Lipinski definition) is 2. The van der Waals surface area contributed by atoms with Gasteiger partial charge in [-0.2, -0.15) is 0 Å². The third kappa shape index (κ3) is 5.57. The number of amides is 1. The van der Waals surface area contributed by atoms with Crippen molar-refractivity contribution in [2.24, 2.45) is 5.14 Å². The van der Waals surface area contributed by atoms with E-state index in [-0.39, 0.29) is 24.0 Å². The summed E-state index contributed by atoms with van der Waals surface area (Å²) in [5.41, 5.74) is 1.10. The summed E-state index contributed by atoms with van der Waals surface area (Å²) >= 11 is 0. The van der Waals surface area contributed by atoms with Crippen LogP contribution in [0.1, 0.15) is 15.9 Å². The van der Waals surface area contributed by atoms with Crippen LogP contribution in [0.25, 0.3) is 0 Å². The summed E-state index contributed by atoms with van der Waals surface area (Å²) < 4.78 is 32.3. The normalized spacial score (nSPS) is 10.8. The molecule has 0 aliphatic carbocycles. The molecule has 9 heteroatoms. The fraction of sp³-hybridized carbons (Fsp3) is 0.176. The van der Waals surface area contributed by atoms with Crippen LogP contribution in [-0.4, -0.2) is 34.0 Å². The highest BCUT2D eigenvalue weighted by Crippen LogP contribution is 2.13. The second-order valence-electron chi connectivity index (χ2n) is 5.27. The number of ether oxygens (including phenoxy) is 2. The van der Waals surface area contributed by atoms with E-state index in [2.05, 4.69) is 10.1 Å². The van der Waals surface area contributed by atoms with Crippen molar-refractivity contribution in [2.45, 2.75) is 11.4 Å². The molecule has 2 rings (SSSR count). The van der Waals surface area contributed by atoms with Gasteiger partial charge in [0.25, 0.3) is 5.91 Å². The highest BCUT2D eigenvalue weighted by molar-refractivity contribution is 7.89. The van der Waals surface area contributed by atoms with Crippen LogP contribution in [0.2, 0.25) is 0 Å². The molecule has 0 atom stereocenters. The number of sulfonamides is 1. The van der Waals surface area contributed by atoms with E-state index in [9.17, 15) is 18.0 Å². The predicted molar refractivity (Wildman–Crippen MR) is 92.9 cm³/mol. The monoisotopic (exact) mass is 378 g/mol. The minimum Gasteiger partial charge on any atom is -0.484 e. The lowest BCUT2D eigenvalue weighted by Crippen LogP contribution is -2.28. The van der Waals surface area contributed by atoms with Crippen molar-refractivity contribution >= 4 is 21.9 Å². The highest BCUT2D eigenvalue weighted by Gasteiger charge is 2.08. The molecule has 0 aromatic heterocycles. The molecule has 0 saturated carbocycles. The minimum absolute atomic E-state index is 0.00584. The summed E-state index contributed by atoms with van der Waals surface area (Å²) in [6.45, 7) is 0.0151. The lowest BCUT2D eigenvalue weighted by atomic mass is 10.2. The lowest BCUT2D eigenvalue weighted by Gasteiger charge is -2.08. The molecule has 0 bridgehead atoms. The molecule has 0 heterocycles. The average Bonchev–Trinajstić information content (AvgIpc) is 2.64. The third-order valence-electron chi connectivity index (χ3n) is 3.39. The molecule has 0 aliphatic heterocycles. The molecule has 0 saturated heterocycles. The summed E-state index contributed by atoms with van der Waals surface area (Å²) in [6.07, 6.45) is 0. The van der Waals surface area contributed by atoms with Crippen LogP contribution in [0.5, 0.6) is 5.75 Å². The number of carbonyl (C=O) groups excluding carboxylic acids is 2. The zero-order valence-corrected chi connectivity index (χ0v) is 14.8. The molecule has 2 aromatic carbocycles. The maximum atomic E-state index is 11.8. The van der Waals surface area contributed by atoms with Gasteiger partial charge in [-0.1, -0.05) is 12.1 Å². The summed E-state index contributed by atoms with van der Waals surface area (Å²) in [4.78, 5) is 23.1. The van der Waals surface area contributed by atoms with Gasteiger partial charge in [0.05, 0.1) is 17.6 Å². The van der Waals surface area contributed by atoms with Gasteiger partial charge >= 0.3 is 5.97 Å². The molecule has 2 aromatic rings. The summed E-state index contributed by atoms with van der Waals surface area (Å²) in [6, 6.07) is 12.1. The van der Waals surface area contributed by atoms with Crippen LogP contribution in [0.3, 0.4) is 0 Å². The third-order valence-corrected chi connectivity index (χ3v) is 4.32. The van der Waals surface area contributed by atoms with Crippen LogP contribution < -0.4 is 15.2 Å². The number of primary sulfonamides is 1. The van der Waals surface area contributed by atoms with Crippen molar-refractivity contribution in [2.75, 3.05) is 13.7 Å². The van der Waals surface area contributed by atoms with E-state index < -0.39 is 16.0 Å². The summed E-state index contributed by atoms with van der Waals surface area (Å²) in [7, 11) is -2.45. The van der Waals surface area contributed by atoms with E-state index >= 15 is 0 Å². The Bertz CT molecular complexity index is 876. The number of rotatable bonds is 7. The van der Waals surface area contributed by atoms with Gasteiger partial charge < -0.3 is 14.8 Å².